The Morgan fingerprint density at radius 1 is 1.19 bits per heavy atom. The van der Waals surface area contributed by atoms with E-state index in [1.807, 2.05) is 6.92 Å². The van der Waals surface area contributed by atoms with Gasteiger partial charge in [0.2, 0.25) is 0 Å². The van der Waals surface area contributed by atoms with Gasteiger partial charge in [-0.3, -0.25) is 0 Å². The van der Waals surface area contributed by atoms with Gasteiger partial charge in [0.05, 0.1) is 12.2 Å². The highest BCUT2D eigenvalue weighted by atomic mass is 32.2. The molecule has 0 N–H and O–H groups in total. The number of carbonyl (C=O) groups excluding carboxylic acids is 1. The largest absolute Gasteiger partial charge is 0.743 e. The minimum absolute atomic E-state index is 0.181. The van der Waals surface area contributed by atoms with Crippen LogP contribution in [0.5, 0.6) is 0 Å². The van der Waals surface area contributed by atoms with Gasteiger partial charge in [-0.25, -0.2) is 13.2 Å². The maximum Gasteiger partial charge on any atom is 0.357 e. The number of carbonyl (C=O) groups is 1. The molecule has 9 heteroatoms. The predicted molar refractivity (Wildman–Crippen MR) is 86.1 cm³/mol. The molecule has 4 aliphatic rings. The number of hydrogen-bond donors (Lipinski definition) is 0. The molecule has 0 aromatic carbocycles. The first-order valence-electron chi connectivity index (χ1n) is 8.74. The highest BCUT2D eigenvalue weighted by Gasteiger charge is 2.57. The molecule has 0 aliphatic heterocycles. The standard InChI is InChI=1S/C17H24F2O6S/c1-10(8-24-9-17(18,19)26(21,22)23)15(20)25-16(2)13-4-11-3-12(6-13)7-14(16)5-11/h11-14H,1,3-9H2,2H3,(H,21,22,23)/p-1. The van der Waals surface area contributed by atoms with E-state index >= 15 is 0 Å². The van der Waals surface area contributed by atoms with E-state index in [0.29, 0.717) is 23.7 Å². The van der Waals surface area contributed by atoms with E-state index in [4.69, 9.17) is 4.74 Å². The van der Waals surface area contributed by atoms with Crippen molar-refractivity contribution in [1.82, 2.24) is 0 Å². The van der Waals surface area contributed by atoms with Crippen molar-refractivity contribution < 1.29 is 36.0 Å². The molecular weight excluding hydrogens is 370 g/mol. The minimum atomic E-state index is -5.82. The molecule has 0 saturated heterocycles. The summed E-state index contributed by atoms with van der Waals surface area (Å²) in [5.41, 5.74) is -0.769. The Morgan fingerprint density at radius 2 is 1.69 bits per heavy atom. The molecule has 0 radical (unpaired) electrons. The molecule has 0 aromatic heterocycles. The lowest BCUT2D eigenvalue weighted by Gasteiger charge is -2.59. The number of esters is 1. The van der Waals surface area contributed by atoms with Crippen molar-refractivity contribution in [2.75, 3.05) is 13.2 Å². The van der Waals surface area contributed by atoms with Gasteiger partial charge in [-0.2, -0.15) is 8.78 Å². The molecular formula is C17H23F2O6S-. The van der Waals surface area contributed by atoms with Crippen molar-refractivity contribution in [2.45, 2.75) is 49.9 Å². The van der Waals surface area contributed by atoms with Gasteiger partial charge in [0.25, 0.3) is 0 Å². The fourth-order valence-electron chi connectivity index (χ4n) is 4.98. The molecule has 0 unspecified atom stereocenters. The fourth-order valence-corrected chi connectivity index (χ4v) is 5.21. The van der Waals surface area contributed by atoms with Crippen LogP contribution in [0.15, 0.2) is 12.2 Å². The van der Waals surface area contributed by atoms with Crippen molar-refractivity contribution in [3.8, 4) is 0 Å². The van der Waals surface area contributed by atoms with Crippen LogP contribution in [0, 0.1) is 23.7 Å². The summed E-state index contributed by atoms with van der Waals surface area (Å²) in [6, 6.07) is 0. The van der Waals surface area contributed by atoms with Crippen molar-refractivity contribution in [3.63, 3.8) is 0 Å². The number of ether oxygens (including phenoxy) is 2. The van der Waals surface area contributed by atoms with Crippen LogP contribution in [0.25, 0.3) is 0 Å². The summed E-state index contributed by atoms with van der Waals surface area (Å²) in [6.45, 7) is 3.16. The van der Waals surface area contributed by atoms with Gasteiger partial charge < -0.3 is 14.0 Å². The van der Waals surface area contributed by atoms with E-state index in [0.717, 1.165) is 25.7 Å². The van der Waals surface area contributed by atoms with Crippen LogP contribution in [0.3, 0.4) is 0 Å². The number of alkyl halides is 2. The summed E-state index contributed by atoms with van der Waals surface area (Å²) in [6.07, 6.45) is 5.40. The first-order valence-corrected chi connectivity index (χ1v) is 10.2. The molecule has 148 valence electrons. The lowest BCUT2D eigenvalue weighted by molar-refractivity contribution is -0.200. The van der Waals surface area contributed by atoms with Crippen LogP contribution in [0.2, 0.25) is 0 Å². The van der Waals surface area contributed by atoms with Crippen molar-refractivity contribution in [2.24, 2.45) is 23.7 Å². The molecule has 4 rings (SSSR count). The number of hydrogen-bond acceptors (Lipinski definition) is 6. The van der Waals surface area contributed by atoms with Crippen molar-refractivity contribution in [1.29, 1.82) is 0 Å². The zero-order valence-corrected chi connectivity index (χ0v) is 15.4. The van der Waals surface area contributed by atoms with E-state index in [9.17, 15) is 26.5 Å². The molecule has 4 aliphatic carbocycles. The van der Waals surface area contributed by atoms with Gasteiger partial charge in [-0.1, -0.05) is 6.58 Å². The maximum absolute atomic E-state index is 13.0. The number of rotatable bonds is 7. The van der Waals surface area contributed by atoms with Gasteiger partial charge in [0.1, 0.15) is 12.2 Å². The summed E-state index contributed by atoms with van der Waals surface area (Å²) >= 11 is 0. The Bertz CT molecular complexity index is 674. The highest BCUT2D eigenvalue weighted by molar-refractivity contribution is 7.86. The Balaban J connectivity index is 1.54. The average molecular weight is 393 g/mol. The van der Waals surface area contributed by atoms with Crippen LogP contribution >= 0.6 is 0 Å². The number of halogens is 2. The molecule has 0 heterocycles. The molecule has 26 heavy (non-hydrogen) atoms. The molecule has 4 fully saturated rings. The van der Waals surface area contributed by atoms with Gasteiger partial charge in [-0.05, 0) is 62.7 Å². The minimum Gasteiger partial charge on any atom is -0.743 e. The van der Waals surface area contributed by atoms with E-state index in [1.165, 1.54) is 6.42 Å². The second-order valence-electron chi connectivity index (χ2n) is 8.07. The highest BCUT2D eigenvalue weighted by Crippen LogP contribution is 2.59. The normalized spacial score (nSPS) is 36.2. The second kappa shape index (κ2) is 6.53. The topological polar surface area (TPSA) is 92.7 Å². The first kappa shape index (κ1) is 19.7. The van der Waals surface area contributed by atoms with E-state index in [1.54, 1.807) is 0 Å². The molecule has 4 saturated carbocycles. The zero-order chi connectivity index (χ0) is 19.3. The summed E-state index contributed by atoms with van der Waals surface area (Å²) < 4.78 is 67.6. The fraction of sp³-hybridized carbons (Fsp3) is 0.824. The Hall–Kier alpha value is -1.06. The molecule has 4 bridgehead atoms. The van der Waals surface area contributed by atoms with Crippen LogP contribution in [-0.4, -0.2) is 43.0 Å². The molecule has 6 nitrogen and oxygen atoms in total. The molecule has 0 spiro atoms. The molecule has 0 atom stereocenters. The van der Waals surface area contributed by atoms with Crippen LogP contribution in [-0.2, 0) is 24.4 Å². The maximum atomic E-state index is 13.0. The van der Waals surface area contributed by atoms with Crippen molar-refractivity contribution in [3.05, 3.63) is 12.2 Å². The summed E-state index contributed by atoms with van der Waals surface area (Å²) in [7, 11) is -5.82. The second-order valence-corrected chi connectivity index (χ2v) is 9.57. The van der Waals surface area contributed by atoms with Gasteiger partial charge in [0, 0.05) is 0 Å². The van der Waals surface area contributed by atoms with Crippen LogP contribution < -0.4 is 0 Å². The average Bonchev–Trinajstić information content (AvgIpc) is 2.50. The van der Waals surface area contributed by atoms with Crippen LogP contribution in [0.4, 0.5) is 8.78 Å². The Labute approximate surface area is 151 Å². The zero-order valence-electron chi connectivity index (χ0n) is 14.6. The lowest BCUT2D eigenvalue weighted by Crippen LogP contribution is -2.58. The summed E-state index contributed by atoms with van der Waals surface area (Å²) in [4.78, 5) is 12.3. The van der Waals surface area contributed by atoms with E-state index < -0.39 is 40.2 Å². The lowest BCUT2D eigenvalue weighted by atomic mass is 9.50. The Kier molecular flexibility index (Phi) is 4.94. The third-order valence-electron chi connectivity index (χ3n) is 6.27. The van der Waals surface area contributed by atoms with Crippen molar-refractivity contribution >= 4 is 16.1 Å². The third kappa shape index (κ3) is 3.53. The first-order chi connectivity index (χ1) is 11.9. The van der Waals surface area contributed by atoms with Gasteiger partial charge >= 0.3 is 11.2 Å². The molecule has 0 amide bonds. The predicted octanol–water partition coefficient (Wildman–Crippen LogP) is 2.46. The molecule has 0 aromatic rings. The van der Waals surface area contributed by atoms with E-state index in [-0.39, 0.29) is 5.57 Å². The Morgan fingerprint density at radius 3 is 2.15 bits per heavy atom. The van der Waals surface area contributed by atoms with Gasteiger partial charge in [-0.15, -0.1) is 0 Å². The summed E-state index contributed by atoms with van der Waals surface area (Å²) in [5.74, 6) is 1.27. The monoisotopic (exact) mass is 393 g/mol. The summed E-state index contributed by atoms with van der Waals surface area (Å²) in [5, 5.41) is -4.55. The van der Waals surface area contributed by atoms with Crippen LogP contribution in [0.1, 0.15) is 39.0 Å². The smallest absolute Gasteiger partial charge is 0.357 e. The van der Waals surface area contributed by atoms with Gasteiger partial charge in [0.15, 0.2) is 10.1 Å². The SMILES string of the molecule is C=C(COCC(F)(F)S(=O)(=O)[O-])C(=O)OC1(C)C2CC3CC(C2)CC1C3. The quantitative estimate of drug-likeness (QED) is 0.375. The third-order valence-corrected chi connectivity index (χ3v) is 7.12. The van der Waals surface area contributed by atoms with E-state index in [2.05, 4.69) is 11.3 Å².